The molecule has 114 valence electrons. The zero-order valence-corrected chi connectivity index (χ0v) is 13.3. The number of ether oxygens (including phenoxy) is 1. The molecular formula is C13H14Cl3N3O2. The van der Waals surface area contributed by atoms with E-state index in [1.807, 2.05) is 0 Å². The monoisotopic (exact) mass is 349 g/mol. The van der Waals surface area contributed by atoms with Crippen LogP contribution in [0, 0.1) is 0 Å². The number of halogens is 3. The molecule has 0 amide bonds. The molecule has 3 rings (SSSR count). The molecule has 8 heteroatoms. The summed E-state index contributed by atoms with van der Waals surface area (Å²) in [5.41, 5.74) is 5.69. The van der Waals surface area contributed by atoms with E-state index in [0.29, 0.717) is 27.5 Å². The van der Waals surface area contributed by atoms with Gasteiger partial charge in [-0.3, -0.25) is 0 Å². The first-order valence-electron chi connectivity index (χ1n) is 6.26. The van der Waals surface area contributed by atoms with Crippen molar-refractivity contribution in [1.82, 2.24) is 10.1 Å². The number of benzene rings is 1. The second kappa shape index (κ2) is 6.40. The van der Waals surface area contributed by atoms with Crippen molar-refractivity contribution in [1.29, 1.82) is 0 Å². The molecule has 0 saturated heterocycles. The van der Waals surface area contributed by atoms with Crippen LogP contribution >= 0.6 is 35.6 Å². The van der Waals surface area contributed by atoms with Gasteiger partial charge < -0.3 is 15.0 Å². The van der Waals surface area contributed by atoms with Gasteiger partial charge in [-0.1, -0.05) is 28.4 Å². The number of hydrogen-bond acceptors (Lipinski definition) is 5. The van der Waals surface area contributed by atoms with Crippen LogP contribution in [-0.4, -0.2) is 10.1 Å². The zero-order chi connectivity index (χ0) is 14.2. The highest BCUT2D eigenvalue weighted by atomic mass is 35.5. The summed E-state index contributed by atoms with van der Waals surface area (Å²) in [6.07, 6.45) is 2.87. The molecule has 5 nitrogen and oxygen atoms in total. The standard InChI is InChI=1S/C13H13Cl2N3O2.ClH/c14-8-4-9(15)6-10(5-8)19-7-11-17-12(18-20-11)13(16)2-1-3-13;/h4-6H,1-3,7,16H2;1H. The molecule has 0 bridgehead atoms. The highest BCUT2D eigenvalue weighted by molar-refractivity contribution is 6.34. The van der Waals surface area contributed by atoms with E-state index in [4.69, 9.17) is 38.2 Å². The van der Waals surface area contributed by atoms with Gasteiger partial charge in [0, 0.05) is 10.0 Å². The van der Waals surface area contributed by atoms with Gasteiger partial charge in [-0.2, -0.15) is 4.98 Å². The predicted molar refractivity (Wildman–Crippen MR) is 82.1 cm³/mol. The van der Waals surface area contributed by atoms with Crippen LogP contribution < -0.4 is 10.5 Å². The number of aromatic nitrogens is 2. The van der Waals surface area contributed by atoms with E-state index in [1.54, 1.807) is 18.2 Å². The minimum absolute atomic E-state index is 0. The maximum Gasteiger partial charge on any atom is 0.264 e. The average Bonchev–Trinajstić information content (AvgIpc) is 2.81. The Kier molecular flexibility index (Phi) is 4.99. The van der Waals surface area contributed by atoms with Crippen molar-refractivity contribution in [3.05, 3.63) is 40.0 Å². The largest absolute Gasteiger partial charge is 0.484 e. The third-order valence-corrected chi connectivity index (χ3v) is 3.79. The van der Waals surface area contributed by atoms with Crippen LogP contribution in [0.2, 0.25) is 10.0 Å². The quantitative estimate of drug-likeness (QED) is 0.909. The first-order chi connectivity index (χ1) is 9.55. The molecule has 1 aliphatic rings. The first-order valence-corrected chi connectivity index (χ1v) is 7.02. The van der Waals surface area contributed by atoms with E-state index in [1.165, 1.54) is 0 Å². The molecule has 0 radical (unpaired) electrons. The van der Waals surface area contributed by atoms with Gasteiger partial charge in [0.25, 0.3) is 5.89 Å². The lowest BCUT2D eigenvalue weighted by atomic mass is 9.77. The Hall–Kier alpha value is -1.01. The third kappa shape index (κ3) is 3.61. The molecule has 2 N–H and O–H groups in total. The lowest BCUT2D eigenvalue weighted by Crippen LogP contribution is -2.44. The van der Waals surface area contributed by atoms with Crippen LogP contribution in [0.5, 0.6) is 5.75 Å². The van der Waals surface area contributed by atoms with E-state index in [-0.39, 0.29) is 19.0 Å². The maximum atomic E-state index is 6.12. The van der Waals surface area contributed by atoms with Crippen LogP contribution in [0.25, 0.3) is 0 Å². The van der Waals surface area contributed by atoms with E-state index in [9.17, 15) is 0 Å². The Balaban J connectivity index is 0.00000161. The van der Waals surface area contributed by atoms with Gasteiger partial charge in [0.15, 0.2) is 12.4 Å². The molecule has 0 aliphatic heterocycles. The first kappa shape index (κ1) is 16.4. The maximum absolute atomic E-state index is 6.12. The fourth-order valence-electron chi connectivity index (χ4n) is 2.05. The lowest BCUT2D eigenvalue weighted by molar-refractivity contribution is 0.223. The summed E-state index contributed by atoms with van der Waals surface area (Å²) in [7, 11) is 0. The van der Waals surface area contributed by atoms with E-state index < -0.39 is 5.54 Å². The van der Waals surface area contributed by atoms with Crippen molar-refractivity contribution in [3.8, 4) is 5.75 Å². The molecule has 1 saturated carbocycles. The molecule has 1 fully saturated rings. The summed E-state index contributed by atoms with van der Waals surface area (Å²) < 4.78 is 10.7. The Bertz CT molecular complexity index is 609. The second-order valence-corrected chi connectivity index (χ2v) is 5.79. The molecule has 2 aromatic rings. The van der Waals surface area contributed by atoms with Gasteiger partial charge >= 0.3 is 0 Å². The number of nitrogens with two attached hydrogens (primary N) is 1. The molecule has 1 aromatic heterocycles. The van der Waals surface area contributed by atoms with Crippen LogP contribution in [0.3, 0.4) is 0 Å². The predicted octanol–water partition coefficient (Wildman–Crippen LogP) is 3.72. The summed E-state index contributed by atoms with van der Waals surface area (Å²) in [4.78, 5) is 4.27. The molecule has 21 heavy (non-hydrogen) atoms. The normalized spacial score (nSPS) is 16.0. The highest BCUT2D eigenvalue weighted by Gasteiger charge is 2.38. The number of hydrogen-bond donors (Lipinski definition) is 1. The zero-order valence-electron chi connectivity index (χ0n) is 11.0. The molecular weight excluding hydrogens is 337 g/mol. The minimum atomic E-state index is -0.429. The number of rotatable bonds is 4. The molecule has 1 heterocycles. The van der Waals surface area contributed by atoms with Gasteiger partial charge in [0.1, 0.15) is 5.75 Å². The van der Waals surface area contributed by atoms with Crippen molar-refractivity contribution in [2.45, 2.75) is 31.4 Å². The topological polar surface area (TPSA) is 74.2 Å². The van der Waals surface area contributed by atoms with Crippen molar-refractivity contribution in [2.75, 3.05) is 0 Å². The van der Waals surface area contributed by atoms with E-state index in [0.717, 1.165) is 19.3 Å². The van der Waals surface area contributed by atoms with Crippen LogP contribution in [0.15, 0.2) is 22.7 Å². The fourth-order valence-corrected chi connectivity index (χ4v) is 2.56. The van der Waals surface area contributed by atoms with Gasteiger partial charge in [0.2, 0.25) is 0 Å². The highest BCUT2D eigenvalue weighted by Crippen LogP contribution is 2.36. The Morgan fingerprint density at radius 1 is 1.24 bits per heavy atom. The van der Waals surface area contributed by atoms with Gasteiger partial charge in [-0.25, -0.2) is 0 Å². The molecule has 0 unspecified atom stereocenters. The number of nitrogens with zero attached hydrogens (tertiary/aromatic N) is 2. The fraction of sp³-hybridized carbons (Fsp3) is 0.385. The Labute approximate surface area is 138 Å². The molecule has 0 spiro atoms. The van der Waals surface area contributed by atoms with Crippen LogP contribution in [0.1, 0.15) is 31.0 Å². The Morgan fingerprint density at radius 2 is 1.90 bits per heavy atom. The third-order valence-electron chi connectivity index (χ3n) is 3.36. The van der Waals surface area contributed by atoms with Crippen LogP contribution in [0.4, 0.5) is 0 Å². The van der Waals surface area contributed by atoms with Gasteiger partial charge in [-0.05, 0) is 37.5 Å². The summed E-state index contributed by atoms with van der Waals surface area (Å²) in [5.74, 6) is 1.48. The van der Waals surface area contributed by atoms with Gasteiger partial charge in [-0.15, -0.1) is 12.4 Å². The van der Waals surface area contributed by atoms with E-state index >= 15 is 0 Å². The Morgan fingerprint density at radius 3 is 2.48 bits per heavy atom. The molecule has 1 aromatic carbocycles. The van der Waals surface area contributed by atoms with Crippen molar-refractivity contribution < 1.29 is 9.26 Å². The summed E-state index contributed by atoms with van der Waals surface area (Å²) in [5, 5.41) is 4.93. The lowest BCUT2D eigenvalue weighted by Gasteiger charge is -2.34. The SMILES string of the molecule is Cl.NC1(c2noc(COc3cc(Cl)cc(Cl)c3)n2)CCC1. The van der Waals surface area contributed by atoms with Crippen molar-refractivity contribution in [3.63, 3.8) is 0 Å². The molecule has 1 aliphatic carbocycles. The van der Waals surface area contributed by atoms with Crippen LogP contribution in [-0.2, 0) is 12.1 Å². The summed E-state index contributed by atoms with van der Waals surface area (Å²) in [6, 6.07) is 4.97. The van der Waals surface area contributed by atoms with E-state index in [2.05, 4.69) is 10.1 Å². The van der Waals surface area contributed by atoms with Gasteiger partial charge in [0.05, 0.1) is 5.54 Å². The summed E-state index contributed by atoms with van der Waals surface area (Å²) in [6.45, 7) is 0.153. The second-order valence-electron chi connectivity index (χ2n) is 4.92. The summed E-state index contributed by atoms with van der Waals surface area (Å²) >= 11 is 11.8. The smallest absolute Gasteiger partial charge is 0.264 e. The van der Waals surface area contributed by atoms with Crippen molar-refractivity contribution >= 4 is 35.6 Å². The molecule has 0 atom stereocenters. The van der Waals surface area contributed by atoms with Crippen molar-refractivity contribution in [2.24, 2.45) is 5.73 Å². The average molecular weight is 351 g/mol. The minimum Gasteiger partial charge on any atom is -0.484 e.